The van der Waals surface area contributed by atoms with Crippen LogP contribution in [0.1, 0.15) is 41.5 Å². The second kappa shape index (κ2) is 9.17. The maximum Gasteiger partial charge on any atom is 0.328 e. The first kappa shape index (κ1) is 22.3. The van der Waals surface area contributed by atoms with Gasteiger partial charge in [-0.3, -0.25) is 9.20 Å². The van der Waals surface area contributed by atoms with Crippen LogP contribution < -0.4 is 15.4 Å². The van der Waals surface area contributed by atoms with Gasteiger partial charge in [-0.15, -0.1) is 0 Å². The van der Waals surface area contributed by atoms with Gasteiger partial charge in [0.15, 0.2) is 0 Å². The highest BCUT2D eigenvalue weighted by Crippen LogP contribution is 2.18. The van der Waals surface area contributed by atoms with Gasteiger partial charge in [0.25, 0.3) is 15.9 Å². The predicted molar refractivity (Wildman–Crippen MR) is 118 cm³/mol. The Balaban J connectivity index is 1.72. The van der Waals surface area contributed by atoms with Crippen molar-refractivity contribution < 1.29 is 18.0 Å². The summed E-state index contributed by atoms with van der Waals surface area (Å²) in [5, 5.41) is 5.25. The zero-order valence-corrected chi connectivity index (χ0v) is 18.4. The number of fused-ring (bicyclic) bond motifs is 1. The first-order valence-corrected chi connectivity index (χ1v) is 11.4. The molecule has 0 aliphatic heterocycles. The SMILES string of the molecule is CCCCNC(=O)NS(=O)(=O)c1ccc(NC(=O)c2c(C)nc3c(C)cccn23)cc1. The summed E-state index contributed by atoms with van der Waals surface area (Å²) in [6.07, 6.45) is 3.41. The third-order valence-electron chi connectivity index (χ3n) is 4.70. The second-order valence-corrected chi connectivity index (χ2v) is 8.81. The van der Waals surface area contributed by atoms with Crippen LogP contribution in [0.25, 0.3) is 5.65 Å². The molecule has 2 aromatic heterocycles. The first-order chi connectivity index (χ1) is 14.7. The summed E-state index contributed by atoms with van der Waals surface area (Å²) >= 11 is 0. The van der Waals surface area contributed by atoms with Crippen molar-refractivity contribution in [1.82, 2.24) is 19.4 Å². The summed E-state index contributed by atoms with van der Waals surface area (Å²) in [6, 6.07) is 8.55. The number of amides is 3. The molecule has 0 bridgehead atoms. The molecule has 0 saturated carbocycles. The molecule has 3 amide bonds. The van der Waals surface area contributed by atoms with Gasteiger partial charge in [-0.05, 0) is 56.2 Å². The molecular formula is C21H25N5O4S. The number of hydrogen-bond donors (Lipinski definition) is 3. The van der Waals surface area contributed by atoms with Crippen LogP contribution in [0.5, 0.6) is 0 Å². The summed E-state index contributed by atoms with van der Waals surface area (Å²) in [6.45, 7) is 6.04. The third-order valence-corrected chi connectivity index (χ3v) is 6.05. The summed E-state index contributed by atoms with van der Waals surface area (Å²) in [7, 11) is -4.01. The number of rotatable bonds is 7. The van der Waals surface area contributed by atoms with E-state index in [4.69, 9.17) is 0 Å². The van der Waals surface area contributed by atoms with Crippen molar-refractivity contribution in [2.75, 3.05) is 11.9 Å². The van der Waals surface area contributed by atoms with Crippen LogP contribution >= 0.6 is 0 Å². The van der Waals surface area contributed by atoms with Crippen LogP contribution in [0.2, 0.25) is 0 Å². The molecule has 0 radical (unpaired) electrons. The van der Waals surface area contributed by atoms with E-state index in [1.165, 1.54) is 24.3 Å². The molecule has 0 atom stereocenters. The van der Waals surface area contributed by atoms with Crippen LogP contribution in [-0.4, -0.2) is 36.3 Å². The largest absolute Gasteiger partial charge is 0.337 e. The van der Waals surface area contributed by atoms with E-state index in [2.05, 4.69) is 15.6 Å². The fourth-order valence-electron chi connectivity index (χ4n) is 3.09. The topological polar surface area (TPSA) is 122 Å². The number of hydrogen-bond acceptors (Lipinski definition) is 5. The van der Waals surface area contributed by atoms with Gasteiger partial charge in [-0.1, -0.05) is 19.4 Å². The van der Waals surface area contributed by atoms with Gasteiger partial charge >= 0.3 is 6.03 Å². The standard InChI is InChI=1S/C21H25N5O4S/c1-4-5-12-22-21(28)25-31(29,30)17-10-8-16(9-11-17)24-20(27)18-15(3)23-19-14(2)7-6-13-26(18)19/h6-11,13H,4-5,12H2,1-3H3,(H,24,27)(H2,22,25,28). The average Bonchev–Trinajstić information content (AvgIpc) is 3.05. The molecule has 1 aromatic carbocycles. The molecule has 2 heterocycles. The monoisotopic (exact) mass is 443 g/mol. The molecule has 0 saturated heterocycles. The van der Waals surface area contributed by atoms with E-state index in [-0.39, 0.29) is 10.8 Å². The molecule has 0 aliphatic carbocycles. The molecule has 31 heavy (non-hydrogen) atoms. The van der Waals surface area contributed by atoms with E-state index in [9.17, 15) is 18.0 Å². The number of aromatic nitrogens is 2. The number of aryl methyl sites for hydroxylation is 2. The molecule has 0 spiro atoms. The van der Waals surface area contributed by atoms with Gasteiger partial charge in [-0.25, -0.2) is 22.9 Å². The number of benzene rings is 1. The fraction of sp³-hybridized carbons (Fsp3) is 0.286. The maximum absolute atomic E-state index is 12.8. The van der Waals surface area contributed by atoms with E-state index in [1.54, 1.807) is 17.5 Å². The van der Waals surface area contributed by atoms with Gasteiger partial charge in [-0.2, -0.15) is 0 Å². The lowest BCUT2D eigenvalue weighted by molar-refractivity contribution is 0.102. The molecule has 0 fully saturated rings. The third kappa shape index (κ3) is 5.02. The number of unbranched alkanes of at least 4 members (excludes halogenated alkanes) is 1. The van der Waals surface area contributed by atoms with Gasteiger partial charge in [0.2, 0.25) is 0 Å². The highest BCUT2D eigenvalue weighted by molar-refractivity contribution is 7.90. The van der Waals surface area contributed by atoms with Crippen LogP contribution in [0.3, 0.4) is 0 Å². The van der Waals surface area contributed by atoms with E-state index in [1.807, 2.05) is 30.7 Å². The second-order valence-electron chi connectivity index (χ2n) is 7.12. The average molecular weight is 444 g/mol. The molecule has 3 rings (SSSR count). The smallest absolute Gasteiger partial charge is 0.328 e. The van der Waals surface area contributed by atoms with Gasteiger partial charge in [0, 0.05) is 18.4 Å². The fourth-order valence-corrected chi connectivity index (χ4v) is 4.02. The molecule has 164 valence electrons. The van der Waals surface area contributed by atoms with E-state index < -0.39 is 16.1 Å². The summed E-state index contributed by atoms with van der Waals surface area (Å²) in [4.78, 5) is 28.9. The van der Waals surface area contributed by atoms with Crippen LogP contribution in [0, 0.1) is 13.8 Å². The lowest BCUT2D eigenvalue weighted by Crippen LogP contribution is -2.39. The Kier molecular flexibility index (Phi) is 6.59. The predicted octanol–water partition coefficient (Wildman–Crippen LogP) is 2.99. The van der Waals surface area contributed by atoms with Crippen molar-refractivity contribution in [3.8, 4) is 0 Å². The molecular weight excluding hydrogens is 418 g/mol. The van der Waals surface area contributed by atoms with E-state index in [0.29, 0.717) is 29.3 Å². The molecule has 3 N–H and O–H groups in total. The number of urea groups is 1. The Morgan fingerprint density at radius 2 is 1.81 bits per heavy atom. The minimum Gasteiger partial charge on any atom is -0.337 e. The summed E-state index contributed by atoms with van der Waals surface area (Å²) in [5.41, 5.74) is 3.06. The molecule has 10 heteroatoms. The molecule has 0 aliphatic rings. The maximum atomic E-state index is 12.8. The number of sulfonamides is 1. The van der Waals surface area contributed by atoms with Crippen LogP contribution in [-0.2, 0) is 10.0 Å². The minimum atomic E-state index is -4.01. The lowest BCUT2D eigenvalue weighted by Gasteiger charge is -2.10. The number of anilines is 1. The summed E-state index contributed by atoms with van der Waals surface area (Å²) in [5.74, 6) is -0.361. The number of pyridine rings is 1. The summed E-state index contributed by atoms with van der Waals surface area (Å²) < 4.78 is 28.4. The molecule has 0 unspecified atom stereocenters. The Morgan fingerprint density at radius 1 is 1.10 bits per heavy atom. The van der Waals surface area contributed by atoms with Crippen molar-refractivity contribution in [2.45, 2.75) is 38.5 Å². The number of carbonyl (C=O) groups excluding carboxylic acids is 2. The van der Waals surface area contributed by atoms with E-state index in [0.717, 1.165) is 18.4 Å². The molecule has 3 aromatic rings. The Hall–Kier alpha value is -3.40. The Labute approximate surface area is 180 Å². The number of nitrogens with one attached hydrogen (secondary N) is 3. The zero-order valence-electron chi connectivity index (χ0n) is 17.6. The molecule has 9 nitrogen and oxygen atoms in total. The number of nitrogens with zero attached hydrogens (tertiary/aromatic N) is 2. The van der Waals surface area contributed by atoms with Gasteiger partial charge in [0.05, 0.1) is 10.6 Å². The number of imidazole rings is 1. The van der Waals surface area contributed by atoms with Crippen molar-refractivity contribution in [3.63, 3.8) is 0 Å². The Bertz CT molecular complexity index is 1220. The highest BCUT2D eigenvalue weighted by Gasteiger charge is 2.19. The van der Waals surface area contributed by atoms with Crippen molar-refractivity contribution in [2.24, 2.45) is 0 Å². The lowest BCUT2D eigenvalue weighted by atomic mass is 10.2. The van der Waals surface area contributed by atoms with Gasteiger partial charge in [0.1, 0.15) is 11.3 Å². The van der Waals surface area contributed by atoms with Crippen LogP contribution in [0.15, 0.2) is 47.5 Å². The van der Waals surface area contributed by atoms with Crippen molar-refractivity contribution >= 4 is 33.3 Å². The first-order valence-electron chi connectivity index (χ1n) is 9.89. The quantitative estimate of drug-likeness (QED) is 0.485. The van der Waals surface area contributed by atoms with Crippen LogP contribution in [0.4, 0.5) is 10.5 Å². The van der Waals surface area contributed by atoms with Crippen molar-refractivity contribution in [1.29, 1.82) is 0 Å². The normalized spacial score (nSPS) is 11.3. The van der Waals surface area contributed by atoms with E-state index >= 15 is 0 Å². The number of carbonyl (C=O) groups is 2. The zero-order chi connectivity index (χ0) is 22.6. The Morgan fingerprint density at radius 3 is 2.48 bits per heavy atom. The highest BCUT2D eigenvalue weighted by atomic mass is 32.2. The minimum absolute atomic E-state index is 0.0854. The van der Waals surface area contributed by atoms with Gasteiger partial charge < -0.3 is 10.6 Å². The van der Waals surface area contributed by atoms with Crippen molar-refractivity contribution in [3.05, 3.63) is 59.5 Å².